The van der Waals surface area contributed by atoms with Crippen LogP contribution in [0.5, 0.6) is 5.75 Å². The highest BCUT2D eigenvalue weighted by Crippen LogP contribution is 2.27. The molecule has 27 heavy (non-hydrogen) atoms. The molecule has 6 nitrogen and oxygen atoms in total. The highest BCUT2D eigenvalue weighted by molar-refractivity contribution is 7.92. The van der Waals surface area contributed by atoms with E-state index in [0.29, 0.717) is 5.75 Å². The van der Waals surface area contributed by atoms with Gasteiger partial charge in [0.25, 0.3) is 0 Å². The van der Waals surface area contributed by atoms with Gasteiger partial charge in [0.2, 0.25) is 15.9 Å². The minimum absolute atomic E-state index is 0.231. The standard InChI is InChI=1S/C18H20Cl2N2O4S/c1-21(11-13-6-4-5-7-17(13)26-2)18(23)12-22(27(3,24)25)16-9-14(19)8-15(20)10-16/h4-10H,11-12H2,1-3H3. The molecule has 0 saturated carbocycles. The average Bonchev–Trinajstić information content (AvgIpc) is 2.57. The predicted molar refractivity (Wildman–Crippen MR) is 108 cm³/mol. The summed E-state index contributed by atoms with van der Waals surface area (Å²) in [5, 5.41) is 0.557. The molecule has 2 rings (SSSR count). The first-order chi connectivity index (χ1) is 12.6. The Bertz CT molecular complexity index is 914. The van der Waals surface area contributed by atoms with Crippen LogP contribution >= 0.6 is 23.2 Å². The predicted octanol–water partition coefficient (Wildman–Crippen LogP) is 3.43. The molecule has 0 unspecified atom stereocenters. The van der Waals surface area contributed by atoms with E-state index in [4.69, 9.17) is 27.9 Å². The van der Waals surface area contributed by atoms with Gasteiger partial charge >= 0.3 is 0 Å². The molecule has 1 amide bonds. The molecule has 2 aromatic rings. The van der Waals surface area contributed by atoms with E-state index in [0.717, 1.165) is 16.1 Å². The van der Waals surface area contributed by atoms with Crippen molar-refractivity contribution >= 4 is 44.8 Å². The fourth-order valence-corrected chi connectivity index (χ4v) is 3.85. The molecule has 0 spiro atoms. The first-order valence-corrected chi connectivity index (χ1v) is 10.5. The van der Waals surface area contributed by atoms with Gasteiger partial charge in [0, 0.05) is 29.2 Å². The third-order valence-corrected chi connectivity index (χ3v) is 5.42. The number of ether oxygens (including phenoxy) is 1. The molecular formula is C18H20Cl2N2O4S. The number of methoxy groups -OCH3 is 1. The van der Waals surface area contributed by atoms with Crippen molar-refractivity contribution in [2.24, 2.45) is 0 Å². The fourth-order valence-electron chi connectivity index (χ4n) is 2.50. The van der Waals surface area contributed by atoms with Gasteiger partial charge in [-0.1, -0.05) is 41.4 Å². The highest BCUT2D eigenvalue weighted by Gasteiger charge is 2.24. The lowest BCUT2D eigenvalue weighted by atomic mass is 10.2. The van der Waals surface area contributed by atoms with E-state index in [1.807, 2.05) is 18.2 Å². The smallest absolute Gasteiger partial charge is 0.243 e. The van der Waals surface area contributed by atoms with Gasteiger partial charge in [-0.05, 0) is 24.3 Å². The highest BCUT2D eigenvalue weighted by atomic mass is 35.5. The number of rotatable bonds is 7. The second kappa shape index (κ2) is 8.82. The summed E-state index contributed by atoms with van der Waals surface area (Å²) in [6.07, 6.45) is 1.02. The maximum Gasteiger partial charge on any atom is 0.243 e. The monoisotopic (exact) mass is 430 g/mol. The minimum Gasteiger partial charge on any atom is -0.496 e. The summed E-state index contributed by atoms with van der Waals surface area (Å²) >= 11 is 11.9. The number of hydrogen-bond donors (Lipinski definition) is 0. The number of nitrogens with zero attached hydrogens (tertiary/aromatic N) is 2. The van der Waals surface area contributed by atoms with E-state index in [1.165, 1.54) is 23.1 Å². The molecule has 0 aliphatic heterocycles. The minimum atomic E-state index is -3.72. The van der Waals surface area contributed by atoms with Crippen LogP contribution < -0.4 is 9.04 Å². The van der Waals surface area contributed by atoms with E-state index in [1.54, 1.807) is 20.2 Å². The molecule has 146 valence electrons. The van der Waals surface area contributed by atoms with Gasteiger partial charge < -0.3 is 9.64 Å². The van der Waals surface area contributed by atoms with Gasteiger partial charge in [-0.2, -0.15) is 0 Å². The lowest BCUT2D eigenvalue weighted by Gasteiger charge is -2.26. The molecule has 0 aromatic heterocycles. The van der Waals surface area contributed by atoms with Crippen molar-refractivity contribution in [3.05, 3.63) is 58.1 Å². The summed E-state index contributed by atoms with van der Waals surface area (Å²) in [5.74, 6) is 0.265. The van der Waals surface area contributed by atoms with Gasteiger partial charge in [-0.15, -0.1) is 0 Å². The first-order valence-electron chi connectivity index (χ1n) is 7.91. The normalized spacial score (nSPS) is 11.1. The molecular weight excluding hydrogens is 411 g/mol. The summed E-state index contributed by atoms with van der Waals surface area (Å²) in [6, 6.07) is 11.7. The molecule has 0 heterocycles. The number of carbonyl (C=O) groups excluding carboxylic acids is 1. The van der Waals surface area contributed by atoms with Crippen molar-refractivity contribution in [1.82, 2.24) is 4.90 Å². The number of halogens is 2. The molecule has 0 radical (unpaired) electrons. The SMILES string of the molecule is COc1ccccc1CN(C)C(=O)CN(c1cc(Cl)cc(Cl)c1)S(C)(=O)=O. The Hall–Kier alpha value is -1.96. The second-order valence-electron chi connectivity index (χ2n) is 5.96. The van der Waals surface area contributed by atoms with Crippen molar-refractivity contribution in [2.45, 2.75) is 6.54 Å². The maximum atomic E-state index is 12.7. The number of likely N-dealkylation sites (N-methyl/N-ethyl adjacent to an activating group) is 1. The van der Waals surface area contributed by atoms with Crippen molar-refractivity contribution in [3.8, 4) is 5.75 Å². The van der Waals surface area contributed by atoms with Crippen molar-refractivity contribution < 1.29 is 17.9 Å². The number of hydrogen-bond acceptors (Lipinski definition) is 4. The number of carbonyl (C=O) groups is 1. The summed E-state index contributed by atoms with van der Waals surface area (Å²) in [7, 11) is -0.574. The van der Waals surface area contributed by atoms with Crippen LogP contribution in [-0.4, -0.2) is 46.2 Å². The zero-order chi connectivity index (χ0) is 20.2. The Kier molecular flexibility index (Phi) is 6.97. The lowest BCUT2D eigenvalue weighted by molar-refractivity contribution is -0.128. The Labute approximate surface area is 169 Å². The van der Waals surface area contributed by atoms with Crippen LogP contribution in [0.1, 0.15) is 5.56 Å². The van der Waals surface area contributed by atoms with Crippen molar-refractivity contribution in [3.63, 3.8) is 0 Å². The van der Waals surface area contributed by atoms with Gasteiger partial charge in [-0.25, -0.2) is 8.42 Å². The molecule has 0 atom stereocenters. The van der Waals surface area contributed by atoms with E-state index in [9.17, 15) is 13.2 Å². The van der Waals surface area contributed by atoms with Crippen LogP contribution in [0.2, 0.25) is 10.0 Å². The summed E-state index contributed by atoms with van der Waals surface area (Å²) < 4.78 is 30.7. The van der Waals surface area contributed by atoms with Gasteiger partial charge in [0.1, 0.15) is 12.3 Å². The second-order valence-corrected chi connectivity index (χ2v) is 8.74. The molecule has 0 aliphatic carbocycles. The first kappa shape index (κ1) is 21.3. The topological polar surface area (TPSA) is 66.9 Å². The van der Waals surface area contributed by atoms with Crippen molar-refractivity contribution in [2.75, 3.05) is 31.3 Å². The number of amides is 1. The Morgan fingerprint density at radius 3 is 2.26 bits per heavy atom. The Morgan fingerprint density at radius 2 is 1.70 bits per heavy atom. The van der Waals surface area contributed by atoms with E-state index in [-0.39, 0.29) is 34.7 Å². The number of anilines is 1. The number of benzene rings is 2. The number of para-hydroxylation sites is 1. The molecule has 0 bridgehead atoms. The van der Waals surface area contributed by atoms with Crippen LogP contribution in [0.3, 0.4) is 0 Å². The van der Waals surface area contributed by atoms with Gasteiger partial charge in [0.15, 0.2) is 0 Å². The molecule has 0 fully saturated rings. The lowest BCUT2D eigenvalue weighted by Crippen LogP contribution is -2.41. The van der Waals surface area contributed by atoms with Crippen molar-refractivity contribution in [1.29, 1.82) is 0 Å². The maximum absolute atomic E-state index is 12.7. The molecule has 9 heteroatoms. The molecule has 0 N–H and O–H groups in total. The zero-order valence-corrected chi connectivity index (χ0v) is 17.5. The molecule has 0 saturated heterocycles. The van der Waals surface area contributed by atoms with Crippen LogP contribution in [0.15, 0.2) is 42.5 Å². The largest absolute Gasteiger partial charge is 0.496 e. The van der Waals surface area contributed by atoms with E-state index < -0.39 is 10.0 Å². The van der Waals surface area contributed by atoms with Crippen LogP contribution in [0.4, 0.5) is 5.69 Å². The Balaban J connectivity index is 2.23. The fraction of sp³-hybridized carbons (Fsp3) is 0.278. The summed E-state index contributed by atoms with van der Waals surface area (Å²) in [5.41, 5.74) is 1.04. The van der Waals surface area contributed by atoms with E-state index >= 15 is 0 Å². The quantitative estimate of drug-likeness (QED) is 0.674. The third kappa shape index (κ3) is 5.76. The average molecular weight is 431 g/mol. The van der Waals surface area contributed by atoms with Crippen LogP contribution in [0.25, 0.3) is 0 Å². The zero-order valence-electron chi connectivity index (χ0n) is 15.1. The molecule has 2 aromatic carbocycles. The number of sulfonamides is 1. The third-order valence-electron chi connectivity index (χ3n) is 3.84. The van der Waals surface area contributed by atoms with Crippen LogP contribution in [-0.2, 0) is 21.4 Å². The van der Waals surface area contributed by atoms with Gasteiger partial charge in [0.05, 0.1) is 19.1 Å². The van der Waals surface area contributed by atoms with Gasteiger partial charge in [-0.3, -0.25) is 9.10 Å². The Morgan fingerprint density at radius 1 is 1.11 bits per heavy atom. The van der Waals surface area contributed by atoms with E-state index in [2.05, 4.69) is 0 Å². The summed E-state index contributed by atoms with van der Waals surface area (Å²) in [6.45, 7) is -0.0993. The van der Waals surface area contributed by atoms with Crippen LogP contribution in [0, 0.1) is 0 Å². The summed E-state index contributed by atoms with van der Waals surface area (Å²) in [4.78, 5) is 14.1. The molecule has 0 aliphatic rings.